The van der Waals surface area contributed by atoms with Gasteiger partial charge in [0.1, 0.15) is 0 Å². The molecular formula is C13H25NO4Si. The first-order chi connectivity index (χ1) is 8.45. The van der Waals surface area contributed by atoms with Crippen molar-refractivity contribution in [3.05, 3.63) is 0 Å². The van der Waals surface area contributed by atoms with Crippen molar-refractivity contribution in [2.24, 2.45) is 5.92 Å². The fourth-order valence-corrected chi connectivity index (χ4v) is 3.51. The Kier molecular flexibility index (Phi) is 4.46. The topological polar surface area (TPSA) is 75.6 Å². The van der Waals surface area contributed by atoms with E-state index < -0.39 is 14.3 Å². The number of amides is 1. The third-order valence-corrected chi connectivity index (χ3v) is 8.82. The molecule has 5 nitrogen and oxygen atoms in total. The number of β-lactam (4-membered cyclic amide) rings is 1. The third kappa shape index (κ3) is 3.57. The van der Waals surface area contributed by atoms with Crippen LogP contribution in [0.1, 0.15) is 34.1 Å². The van der Waals surface area contributed by atoms with Gasteiger partial charge in [-0.25, -0.2) is 0 Å². The van der Waals surface area contributed by atoms with E-state index in [1.54, 1.807) is 0 Å². The molecule has 0 saturated carbocycles. The lowest BCUT2D eigenvalue weighted by atomic mass is 9.84. The Labute approximate surface area is 115 Å². The molecule has 3 atom stereocenters. The fourth-order valence-electron chi connectivity index (χ4n) is 2.08. The molecule has 6 heteroatoms. The molecule has 0 aromatic carbocycles. The summed E-state index contributed by atoms with van der Waals surface area (Å²) in [6, 6.07) is -0.301. The predicted octanol–water partition coefficient (Wildman–Crippen LogP) is 1.99. The number of carboxylic acid groups (broad SMARTS) is 1. The summed E-state index contributed by atoms with van der Waals surface area (Å²) < 4.78 is 6.17. The quantitative estimate of drug-likeness (QED) is 0.599. The number of carbonyl (C=O) groups excluding carboxylic acids is 1. The Balaban J connectivity index is 2.69. The zero-order valence-electron chi connectivity index (χ0n) is 12.6. The van der Waals surface area contributed by atoms with Crippen LogP contribution in [-0.4, -0.2) is 37.4 Å². The van der Waals surface area contributed by atoms with Gasteiger partial charge >= 0.3 is 5.97 Å². The second-order valence-corrected chi connectivity index (χ2v) is 11.6. The van der Waals surface area contributed by atoms with Crippen LogP contribution >= 0.6 is 0 Å². The van der Waals surface area contributed by atoms with Gasteiger partial charge in [0.05, 0.1) is 24.5 Å². The van der Waals surface area contributed by atoms with Crippen LogP contribution < -0.4 is 5.32 Å². The second kappa shape index (κ2) is 5.24. The van der Waals surface area contributed by atoms with Gasteiger partial charge in [-0.05, 0) is 25.1 Å². The molecule has 0 spiro atoms. The molecule has 1 aliphatic heterocycles. The number of hydrogen-bond acceptors (Lipinski definition) is 3. The average Bonchev–Trinajstić information content (AvgIpc) is 2.12. The van der Waals surface area contributed by atoms with Gasteiger partial charge in [-0.2, -0.15) is 0 Å². The average molecular weight is 287 g/mol. The van der Waals surface area contributed by atoms with Gasteiger partial charge in [-0.1, -0.05) is 20.8 Å². The minimum Gasteiger partial charge on any atom is -0.481 e. The van der Waals surface area contributed by atoms with Crippen LogP contribution in [0.3, 0.4) is 0 Å². The zero-order valence-corrected chi connectivity index (χ0v) is 13.6. The number of nitrogens with one attached hydrogen (secondary N) is 1. The van der Waals surface area contributed by atoms with Crippen LogP contribution in [0.2, 0.25) is 18.1 Å². The van der Waals surface area contributed by atoms with E-state index in [4.69, 9.17) is 9.53 Å². The highest BCUT2D eigenvalue weighted by Crippen LogP contribution is 2.39. The van der Waals surface area contributed by atoms with Gasteiger partial charge in [0.2, 0.25) is 5.91 Å². The third-order valence-electron chi connectivity index (χ3n) is 4.25. The Morgan fingerprint density at radius 2 is 2.00 bits per heavy atom. The smallest absolute Gasteiger partial charge is 0.305 e. The molecule has 0 aromatic heterocycles. The number of hydrogen-bond donors (Lipinski definition) is 2. The predicted molar refractivity (Wildman–Crippen MR) is 75.4 cm³/mol. The Bertz CT molecular complexity index is 375. The van der Waals surface area contributed by atoms with E-state index in [1.165, 1.54) is 0 Å². The highest BCUT2D eigenvalue weighted by atomic mass is 28.4. The van der Waals surface area contributed by atoms with Crippen molar-refractivity contribution in [1.29, 1.82) is 0 Å². The molecule has 1 rings (SSSR count). The van der Waals surface area contributed by atoms with Crippen LogP contribution in [0, 0.1) is 5.92 Å². The van der Waals surface area contributed by atoms with E-state index in [9.17, 15) is 9.59 Å². The van der Waals surface area contributed by atoms with E-state index in [0.717, 1.165) is 0 Å². The summed E-state index contributed by atoms with van der Waals surface area (Å²) in [7, 11) is -1.94. The molecule has 1 amide bonds. The Morgan fingerprint density at radius 1 is 1.47 bits per heavy atom. The van der Waals surface area contributed by atoms with Crippen molar-refractivity contribution in [1.82, 2.24) is 5.32 Å². The number of aliphatic carboxylic acids is 1. The van der Waals surface area contributed by atoms with Crippen molar-refractivity contribution in [2.45, 2.75) is 64.4 Å². The van der Waals surface area contributed by atoms with E-state index in [1.807, 2.05) is 6.92 Å². The molecule has 1 fully saturated rings. The van der Waals surface area contributed by atoms with Crippen LogP contribution in [0.4, 0.5) is 0 Å². The first-order valence-corrected chi connectivity index (χ1v) is 9.56. The number of carboxylic acids is 1. The molecule has 1 saturated heterocycles. The minimum atomic E-state index is -1.94. The van der Waals surface area contributed by atoms with Crippen LogP contribution in [-0.2, 0) is 14.0 Å². The minimum absolute atomic E-state index is 0.0401. The largest absolute Gasteiger partial charge is 0.481 e. The number of rotatable bonds is 5. The van der Waals surface area contributed by atoms with E-state index in [-0.39, 0.29) is 35.4 Å². The van der Waals surface area contributed by atoms with Gasteiger partial charge in [0, 0.05) is 0 Å². The maximum Gasteiger partial charge on any atom is 0.305 e. The molecule has 1 heterocycles. The summed E-state index contributed by atoms with van der Waals surface area (Å²) in [6.07, 6.45) is -0.277. The summed E-state index contributed by atoms with van der Waals surface area (Å²) in [5, 5.41) is 11.5. The van der Waals surface area contributed by atoms with Crippen LogP contribution in [0.25, 0.3) is 0 Å². The second-order valence-electron chi connectivity index (χ2n) is 6.82. The summed E-state index contributed by atoms with van der Waals surface area (Å²) in [5.74, 6) is -1.34. The maximum absolute atomic E-state index is 11.6. The van der Waals surface area contributed by atoms with E-state index in [2.05, 4.69) is 39.2 Å². The van der Waals surface area contributed by atoms with Crippen molar-refractivity contribution < 1.29 is 19.1 Å². The lowest BCUT2D eigenvalue weighted by Gasteiger charge is -2.45. The molecule has 0 bridgehead atoms. The van der Waals surface area contributed by atoms with Crippen molar-refractivity contribution in [3.63, 3.8) is 0 Å². The Morgan fingerprint density at radius 3 is 2.37 bits per heavy atom. The van der Waals surface area contributed by atoms with Gasteiger partial charge in [-0.3, -0.25) is 9.59 Å². The lowest BCUT2D eigenvalue weighted by molar-refractivity contribution is -0.145. The van der Waals surface area contributed by atoms with E-state index >= 15 is 0 Å². The van der Waals surface area contributed by atoms with Crippen molar-refractivity contribution in [3.8, 4) is 0 Å². The summed E-state index contributed by atoms with van der Waals surface area (Å²) in [6.45, 7) is 12.6. The molecule has 1 aliphatic rings. The number of carbonyl (C=O) groups is 2. The van der Waals surface area contributed by atoms with Gasteiger partial charge in [-0.15, -0.1) is 0 Å². The fraction of sp³-hybridized carbons (Fsp3) is 0.846. The van der Waals surface area contributed by atoms with Crippen LogP contribution in [0.15, 0.2) is 0 Å². The first kappa shape index (κ1) is 16.2. The molecule has 0 radical (unpaired) electrons. The molecular weight excluding hydrogens is 262 g/mol. The molecule has 0 aliphatic carbocycles. The highest BCUT2D eigenvalue weighted by molar-refractivity contribution is 6.74. The van der Waals surface area contributed by atoms with Gasteiger partial charge < -0.3 is 14.8 Å². The van der Waals surface area contributed by atoms with Crippen LogP contribution in [0.5, 0.6) is 0 Å². The van der Waals surface area contributed by atoms with Gasteiger partial charge in [0.25, 0.3) is 0 Å². The maximum atomic E-state index is 11.6. The summed E-state index contributed by atoms with van der Waals surface area (Å²) in [4.78, 5) is 22.4. The summed E-state index contributed by atoms with van der Waals surface area (Å²) >= 11 is 0. The highest BCUT2D eigenvalue weighted by Gasteiger charge is 2.47. The molecule has 0 unspecified atom stereocenters. The summed E-state index contributed by atoms with van der Waals surface area (Å²) in [5.41, 5.74) is 0. The molecule has 2 N–H and O–H groups in total. The Hall–Kier alpha value is -0.883. The molecule has 19 heavy (non-hydrogen) atoms. The van der Waals surface area contributed by atoms with Gasteiger partial charge in [0.15, 0.2) is 8.32 Å². The standard InChI is InChI=1S/C13H25NO4Si/c1-8(18-19(5,6)13(2,3)4)11-9(7-10(15)16)14-12(11)17/h8-9,11H,7H2,1-6H3,(H,14,17)(H,15,16)/t8-,9+,11+/m0/s1. The normalized spacial score (nSPS) is 25.5. The zero-order chi connectivity index (χ0) is 15.0. The van der Waals surface area contributed by atoms with Crippen molar-refractivity contribution >= 4 is 20.2 Å². The van der Waals surface area contributed by atoms with Crippen molar-refractivity contribution in [2.75, 3.05) is 0 Å². The lowest BCUT2D eigenvalue weighted by Crippen LogP contribution is -2.64. The van der Waals surface area contributed by atoms with E-state index in [0.29, 0.717) is 0 Å². The SMILES string of the molecule is C[C@H](O[Si](C)(C)C(C)(C)C)[C@H]1C(=O)N[C@@H]1CC(=O)O. The molecule has 110 valence electrons. The monoisotopic (exact) mass is 287 g/mol. The molecule has 0 aromatic rings. The first-order valence-electron chi connectivity index (χ1n) is 6.65.